The van der Waals surface area contributed by atoms with Crippen LogP contribution in [0.1, 0.15) is 26.5 Å². The zero-order valence-electron chi connectivity index (χ0n) is 9.20. The van der Waals surface area contributed by atoms with Gasteiger partial charge in [-0.3, -0.25) is 4.98 Å². The highest BCUT2D eigenvalue weighted by atomic mass is 79.9. The third-order valence-corrected chi connectivity index (χ3v) is 3.41. The average Bonchev–Trinajstić information content (AvgIpc) is 2.14. The first kappa shape index (κ1) is 13.6. The van der Waals surface area contributed by atoms with Crippen molar-refractivity contribution in [2.75, 3.05) is 0 Å². The van der Waals surface area contributed by atoms with E-state index >= 15 is 0 Å². The first-order chi connectivity index (χ1) is 7.30. The van der Waals surface area contributed by atoms with Gasteiger partial charge in [0.05, 0.1) is 0 Å². The van der Waals surface area contributed by atoms with E-state index in [1.54, 1.807) is 20.8 Å². The van der Waals surface area contributed by atoms with E-state index in [0.29, 0.717) is 4.47 Å². The van der Waals surface area contributed by atoms with Crippen LogP contribution in [0.25, 0.3) is 0 Å². The lowest BCUT2D eigenvalue weighted by atomic mass is 10.3. The number of aromatic nitrogens is 1. The van der Waals surface area contributed by atoms with Gasteiger partial charge in [-0.1, -0.05) is 4.40 Å². The molecular formula is C10H12BrFN2OS. The number of halogens is 2. The van der Waals surface area contributed by atoms with E-state index < -0.39 is 21.9 Å². The summed E-state index contributed by atoms with van der Waals surface area (Å²) in [6, 6.07) is 1.29. The molecule has 0 fully saturated rings. The minimum Gasteiger partial charge on any atom is -0.591 e. The highest BCUT2D eigenvalue weighted by molar-refractivity contribution is 9.10. The molecule has 0 aliphatic rings. The molecule has 1 aromatic rings. The number of pyridine rings is 1. The smallest absolute Gasteiger partial charge is 0.151 e. The van der Waals surface area contributed by atoms with Gasteiger partial charge in [0, 0.05) is 10.7 Å². The zero-order valence-corrected chi connectivity index (χ0v) is 11.6. The Balaban J connectivity index is 2.85. The maximum atomic E-state index is 13.3. The van der Waals surface area contributed by atoms with Crippen LogP contribution < -0.4 is 0 Å². The summed E-state index contributed by atoms with van der Waals surface area (Å²) in [5.74, 6) is -0.496. The van der Waals surface area contributed by atoms with Gasteiger partial charge in [-0.05, 0) is 42.8 Å². The van der Waals surface area contributed by atoms with Crippen LogP contribution in [0.4, 0.5) is 4.39 Å². The molecule has 1 heterocycles. The highest BCUT2D eigenvalue weighted by Gasteiger charge is 2.25. The Morgan fingerprint density at radius 3 is 2.69 bits per heavy atom. The van der Waals surface area contributed by atoms with Crippen molar-refractivity contribution >= 4 is 33.5 Å². The summed E-state index contributed by atoms with van der Waals surface area (Å²) in [5.41, 5.74) is 0.0841. The second kappa shape index (κ2) is 5.25. The van der Waals surface area contributed by atoms with Crippen molar-refractivity contribution in [1.82, 2.24) is 4.98 Å². The molecular weight excluding hydrogens is 295 g/mol. The summed E-state index contributed by atoms with van der Waals surface area (Å²) in [5, 5.41) is 0. The number of hydrogen-bond acceptors (Lipinski definition) is 3. The van der Waals surface area contributed by atoms with Gasteiger partial charge in [-0.25, -0.2) is 4.39 Å². The summed E-state index contributed by atoms with van der Waals surface area (Å²) in [6.45, 7) is 5.39. The lowest BCUT2D eigenvalue weighted by Crippen LogP contribution is -2.25. The Bertz CT molecular complexity index is 406. The fourth-order valence-electron chi connectivity index (χ4n) is 0.776. The van der Waals surface area contributed by atoms with Crippen molar-refractivity contribution in [3.05, 3.63) is 28.2 Å². The minimum atomic E-state index is -1.40. The summed E-state index contributed by atoms with van der Waals surface area (Å²) in [7, 11) is 0. The van der Waals surface area contributed by atoms with Gasteiger partial charge in [-0.15, -0.1) is 0 Å². The summed E-state index contributed by atoms with van der Waals surface area (Å²) in [4.78, 5) is 3.83. The van der Waals surface area contributed by atoms with Crippen molar-refractivity contribution in [1.29, 1.82) is 0 Å². The molecule has 1 atom stereocenters. The molecule has 0 aromatic carbocycles. The highest BCUT2D eigenvalue weighted by Crippen LogP contribution is 2.17. The maximum Gasteiger partial charge on any atom is 0.151 e. The predicted octanol–water partition coefficient (Wildman–Crippen LogP) is 2.86. The molecule has 1 unspecified atom stereocenters. The third kappa shape index (κ3) is 3.84. The van der Waals surface area contributed by atoms with Crippen LogP contribution in [0.2, 0.25) is 0 Å². The molecule has 0 aliphatic carbocycles. The number of hydrogen-bond donors (Lipinski definition) is 0. The van der Waals surface area contributed by atoms with Gasteiger partial charge in [0.15, 0.2) is 5.82 Å². The Labute approximate surface area is 106 Å². The van der Waals surface area contributed by atoms with Gasteiger partial charge < -0.3 is 4.55 Å². The summed E-state index contributed by atoms with van der Waals surface area (Å²) >= 11 is 1.70. The van der Waals surface area contributed by atoms with Crippen molar-refractivity contribution in [3.63, 3.8) is 0 Å². The van der Waals surface area contributed by atoms with Crippen LogP contribution in [-0.4, -0.2) is 20.5 Å². The molecule has 88 valence electrons. The molecule has 16 heavy (non-hydrogen) atoms. The van der Waals surface area contributed by atoms with Gasteiger partial charge in [-0.2, -0.15) is 0 Å². The average molecular weight is 307 g/mol. The van der Waals surface area contributed by atoms with Gasteiger partial charge in [0.25, 0.3) is 0 Å². The first-order valence-corrected chi connectivity index (χ1v) is 6.48. The fourth-order valence-corrected chi connectivity index (χ4v) is 1.59. The summed E-state index contributed by atoms with van der Waals surface area (Å²) < 4.78 is 28.8. The zero-order chi connectivity index (χ0) is 12.3. The van der Waals surface area contributed by atoms with E-state index in [4.69, 9.17) is 0 Å². The van der Waals surface area contributed by atoms with Crippen LogP contribution in [0.5, 0.6) is 0 Å². The Morgan fingerprint density at radius 1 is 1.56 bits per heavy atom. The van der Waals surface area contributed by atoms with Crippen molar-refractivity contribution in [3.8, 4) is 0 Å². The molecule has 0 saturated heterocycles. The Kier molecular flexibility index (Phi) is 4.46. The SMILES string of the molecule is CC(C)(C)[S+]([O-])N=Cc1ncc(Br)cc1F. The standard InChI is InChI=1S/C10H12BrFN2OS/c1-10(2,3)16(15)14-6-9-8(12)4-7(11)5-13-9/h4-6H,1-3H3. The molecule has 0 amide bonds. The molecule has 0 aliphatic heterocycles. The van der Waals surface area contributed by atoms with Crippen LogP contribution in [-0.2, 0) is 11.4 Å². The molecule has 0 N–H and O–H groups in total. The van der Waals surface area contributed by atoms with Crippen LogP contribution in [0, 0.1) is 5.82 Å². The quantitative estimate of drug-likeness (QED) is 0.623. The second-order valence-electron chi connectivity index (χ2n) is 4.12. The lowest BCUT2D eigenvalue weighted by Gasteiger charge is -2.17. The van der Waals surface area contributed by atoms with Crippen molar-refractivity contribution in [2.24, 2.45) is 4.40 Å². The Morgan fingerprint density at radius 2 is 2.19 bits per heavy atom. The van der Waals surface area contributed by atoms with Crippen LogP contribution in [0.15, 0.2) is 21.1 Å². The van der Waals surface area contributed by atoms with Crippen molar-refractivity contribution < 1.29 is 8.94 Å². The molecule has 0 spiro atoms. The van der Waals surface area contributed by atoms with Gasteiger partial charge in [0.1, 0.15) is 28.0 Å². The van der Waals surface area contributed by atoms with Gasteiger partial charge in [0.2, 0.25) is 0 Å². The maximum absolute atomic E-state index is 13.3. The van der Waals surface area contributed by atoms with E-state index in [9.17, 15) is 8.94 Å². The Hall–Kier alpha value is -0.460. The first-order valence-electron chi connectivity index (χ1n) is 4.58. The van der Waals surface area contributed by atoms with E-state index in [0.717, 1.165) is 0 Å². The van der Waals surface area contributed by atoms with Crippen LogP contribution in [0.3, 0.4) is 0 Å². The second-order valence-corrected chi connectivity index (χ2v) is 6.97. The van der Waals surface area contributed by atoms with E-state index in [-0.39, 0.29) is 5.69 Å². The molecule has 0 saturated carbocycles. The minimum absolute atomic E-state index is 0.0841. The molecule has 6 heteroatoms. The molecule has 0 radical (unpaired) electrons. The normalized spacial score (nSPS) is 14.4. The third-order valence-electron chi connectivity index (χ3n) is 1.63. The predicted molar refractivity (Wildman–Crippen MR) is 67.4 cm³/mol. The largest absolute Gasteiger partial charge is 0.591 e. The van der Waals surface area contributed by atoms with E-state index in [2.05, 4.69) is 25.3 Å². The molecule has 3 nitrogen and oxygen atoms in total. The number of rotatable bonds is 2. The monoisotopic (exact) mass is 306 g/mol. The summed E-state index contributed by atoms with van der Waals surface area (Å²) in [6.07, 6.45) is 2.66. The van der Waals surface area contributed by atoms with Gasteiger partial charge >= 0.3 is 0 Å². The van der Waals surface area contributed by atoms with Crippen LogP contribution >= 0.6 is 15.9 Å². The topological polar surface area (TPSA) is 48.3 Å². The lowest BCUT2D eigenvalue weighted by molar-refractivity contribution is 0.561. The fraction of sp³-hybridized carbons (Fsp3) is 0.400. The van der Waals surface area contributed by atoms with Crippen molar-refractivity contribution in [2.45, 2.75) is 25.5 Å². The van der Waals surface area contributed by atoms with E-state index in [1.165, 1.54) is 18.5 Å². The number of nitrogens with zero attached hydrogens (tertiary/aromatic N) is 2. The molecule has 0 bridgehead atoms. The molecule has 1 rings (SSSR count). The van der Waals surface area contributed by atoms with E-state index in [1.807, 2.05) is 0 Å². The molecule has 1 aromatic heterocycles.